The van der Waals surface area contributed by atoms with Crippen molar-refractivity contribution in [1.29, 1.82) is 0 Å². The summed E-state index contributed by atoms with van der Waals surface area (Å²) in [5, 5.41) is 14.0. The average Bonchev–Trinajstić information content (AvgIpc) is 2.79. The number of benzene rings is 2. The molecule has 1 aliphatic rings. The molecule has 2 heterocycles. The summed E-state index contributed by atoms with van der Waals surface area (Å²) in [7, 11) is 1.60. The van der Waals surface area contributed by atoms with E-state index >= 15 is 0 Å². The van der Waals surface area contributed by atoms with Crippen molar-refractivity contribution >= 4 is 11.0 Å². The zero-order valence-electron chi connectivity index (χ0n) is 16.3. The lowest BCUT2D eigenvalue weighted by molar-refractivity contribution is 0.0322. The van der Waals surface area contributed by atoms with E-state index in [1.165, 1.54) is 0 Å². The predicted octanol–water partition coefficient (Wildman–Crippen LogP) is 3.11. The molecule has 1 saturated heterocycles. The van der Waals surface area contributed by atoms with E-state index in [1.54, 1.807) is 25.3 Å². The average molecular weight is 396 g/mol. The van der Waals surface area contributed by atoms with Gasteiger partial charge in [-0.15, -0.1) is 0 Å². The highest BCUT2D eigenvalue weighted by Gasteiger charge is 2.10. The summed E-state index contributed by atoms with van der Waals surface area (Å²) in [6, 6.07) is 14.8. The summed E-state index contributed by atoms with van der Waals surface area (Å²) in [6.07, 6.45) is 0. The van der Waals surface area contributed by atoms with Gasteiger partial charge < -0.3 is 23.8 Å². The molecule has 7 nitrogen and oxygen atoms in total. The van der Waals surface area contributed by atoms with Gasteiger partial charge >= 0.3 is 0 Å². The Balaban J connectivity index is 1.50. The standard InChI is InChI=1S/C22H24N2O5/c1-26-18-6-7-19-20(23-25)15-21(29-22(19)14-18)16-2-4-17(5-3-16)28-13-10-24-8-11-27-12-9-24/h2-7,14-15,25H,8-13H2,1H3/b23-20+. The lowest BCUT2D eigenvalue weighted by Crippen LogP contribution is -2.38. The minimum Gasteiger partial charge on any atom is -0.497 e. The van der Waals surface area contributed by atoms with Gasteiger partial charge in [0.05, 0.1) is 20.3 Å². The zero-order valence-corrected chi connectivity index (χ0v) is 16.3. The van der Waals surface area contributed by atoms with Gasteiger partial charge in [0.15, 0.2) is 0 Å². The zero-order chi connectivity index (χ0) is 20.1. The predicted molar refractivity (Wildman–Crippen MR) is 108 cm³/mol. The van der Waals surface area contributed by atoms with Gasteiger partial charge in [-0.2, -0.15) is 0 Å². The fourth-order valence-corrected chi connectivity index (χ4v) is 3.33. The molecule has 0 bridgehead atoms. The number of nitrogens with zero attached hydrogens (tertiary/aromatic N) is 2. The van der Waals surface area contributed by atoms with Crippen molar-refractivity contribution in [1.82, 2.24) is 4.90 Å². The molecule has 2 aromatic carbocycles. The van der Waals surface area contributed by atoms with E-state index in [1.807, 2.05) is 30.3 Å². The topological polar surface area (TPSA) is 76.7 Å². The molecule has 0 unspecified atom stereocenters. The van der Waals surface area contributed by atoms with E-state index in [0.29, 0.717) is 34.4 Å². The van der Waals surface area contributed by atoms with Crippen LogP contribution in [0.25, 0.3) is 22.3 Å². The third-order valence-corrected chi connectivity index (χ3v) is 4.98. The minimum atomic E-state index is 0.440. The number of methoxy groups -OCH3 is 1. The summed E-state index contributed by atoms with van der Waals surface area (Å²) in [6.45, 7) is 5.00. The monoisotopic (exact) mass is 396 g/mol. The maximum Gasteiger partial charge on any atom is 0.140 e. The van der Waals surface area contributed by atoms with Crippen molar-refractivity contribution in [3.8, 4) is 22.8 Å². The first-order valence-electron chi connectivity index (χ1n) is 9.60. The molecule has 0 radical (unpaired) electrons. The first kappa shape index (κ1) is 19.3. The second-order valence-electron chi connectivity index (χ2n) is 6.78. The van der Waals surface area contributed by atoms with E-state index in [4.69, 9.17) is 18.6 Å². The van der Waals surface area contributed by atoms with E-state index in [0.717, 1.165) is 44.2 Å². The summed E-state index contributed by atoms with van der Waals surface area (Å²) >= 11 is 0. The van der Waals surface area contributed by atoms with E-state index < -0.39 is 0 Å². The van der Waals surface area contributed by atoms with Crippen molar-refractivity contribution in [2.24, 2.45) is 5.16 Å². The van der Waals surface area contributed by atoms with E-state index in [2.05, 4.69) is 10.1 Å². The Kier molecular flexibility index (Phi) is 5.97. The number of fused-ring (bicyclic) bond motifs is 1. The van der Waals surface area contributed by atoms with Crippen LogP contribution in [0.3, 0.4) is 0 Å². The third kappa shape index (κ3) is 4.52. The van der Waals surface area contributed by atoms with Crippen LogP contribution in [0.2, 0.25) is 0 Å². The van der Waals surface area contributed by atoms with Crippen LogP contribution < -0.4 is 14.8 Å². The second-order valence-corrected chi connectivity index (χ2v) is 6.78. The molecule has 1 aromatic heterocycles. The van der Waals surface area contributed by atoms with Crippen LogP contribution >= 0.6 is 0 Å². The summed E-state index contributed by atoms with van der Waals surface area (Å²) in [4.78, 5) is 2.33. The van der Waals surface area contributed by atoms with Crippen LogP contribution in [0, 0.1) is 0 Å². The first-order chi connectivity index (χ1) is 14.3. The molecule has 1 fully saturated rings. The molecule has 0 saturated carbocycles. The van der Waals surface area contributed by atoms with Crippen LogP contribution in [0.15, 0.2) is 58.1 Å². The van der Waals surface area contributed by atoms with Crippen molar-refractivity contribution in [3.05, 3.63) is 53.9 Å². The summed E-state index contributed by atoms with van der Waals surface area (Å²) in [5.41, 5.74) is 1.45. The molecular weight excluding hydrogens is 372 g/mol. The Hall–Kier alpha value is -3.03. The number of hydrogen-bond acceptors (Lipinski definition) is 7. The largest absolute Gasteiger partial charge is 0.497 e. The van der Waals surface area contributed by atoms with Gasteiger partial charge in [-0.1, -0.05) is 5.16 Å². The van der Waals surface area contributed by atoms with Gasteiger partial charge in [-0.3, -0.25) is 4.90 Å². The van der Waals surface area contributed by atoms with Gasteiger partial charge in [0.1, 0.15) is 34.8 Å². The Morgan fingerprint density at radius 3 is 2.52 bits per heavy atom. The Morgan fingerprint density at radius 1 is 1.03 bits per heavy atom. The van der Waals surface area contributed by atoms with Gasteiger partial charge in [0.25, 0.3) is 0 Å². The molecule has 3 aromatic rings. The Bertz CT molecular complexity index is 1020. The molecule has 152 valence electrons. The Morgan fingerprint density at radius 2 is 1.79 bits per heavy atom. The molecule has 1 aliphatic heterocycles. The highest BCUT2D eigenvalue weighted by atomic mass is 16.5. The van der Waals surface area contributed by atoms with Crippen molar-refractivity contribution in [2.75, 3.05) is 46.6 Å². The van der Waals surface area contributed by atoms with Crippen LogP contribution in [-0.4, -0.2) is 56.7 Å². The summed E-state index contributed by atoms with van der Waals surface area (Å²) in [5.74, 6) is 2.07. The van der Waals surface area contributed by atoms with Crippen molar-refractivity contribution in [2.45, 2.75) is 0 Å². The normalized spacial score (nSPS) is 15.6. The van der Waals surface area contributed by atoms with Gasteiger partial charge in [-0.05, 0) is 36.4 Å². The maximum absolute atomic E-state index is 9.40. The molecule has 29 heavy (non-hydrogen) atoms. The molecule has 0 atom stereocenters. The van der Waals surface area contributed by atoms with Gasteiger partial charge in [0.2, 0.25) is 0 Å². The molecule has 0 spiro atoms. The highest BCUT2D eigenvalue weighted by molar-refractivity contribution is 5.79. The van der Waals surface area contributed by atoms with E-state index in [-0.39, 0.29) is 0 Å². The molecule has 4 rings (SSSR count). The first-order valence-corrected chi connectivity index (χ1v) is 9.60. The minimum absolute atomic E-state index is 0.440. The fraction of sp³-hybridized carbons (Fsp3) is 0.318. The van der Waals surface area contributed by atoms with Crippen LogP contribution in [-0.2, 0) is 4.74 Å². The smallest absolute Gasteiger partial charge is 0.140 e. The number of rotatable bonds is 6. The molecule has 7 heteroatoms. The second kappa shape index (κ2) is 8.98. The molecule has 1 N–H and O–H groups in total. The maximum atomic E-state index is 9.40. The van der Waals surface area contributed by atoms with Gasteiger partial charge in [0, 0.05) is 42.7 Å². The molecule has 0 amide bonds. The number of morpholine rings is 1. The number of ether oxygens (including phenoxy) is 3. The lowest BCUT2D eigenvalue weighted by atomic mass is 10.1. The molecule has 0 aliphatic carbocycles. The lowest BCUT2D eigenvalue weighted by Gasteiger charge is -2.26. The Labute approximate surface area is 168 Å². The van der Waals surface area contributed by atoms with Crippen LogP contribution in [0.1, 0.15) is 0 Å². The molecular formula is C22H24N2O5. The van der Waals surface area contributed by atoms with Crippen LogP contribution in [0.5, 0.6) is 11.5 Å². The fourth-order valence-electron chi connectivity index (χ4n) is 3.33. The van der Waals surface area contributed by atoms with Crippen molar-refractivity contribution in [3.63, 3.8) is 0 Å². The van der Waals surface area contributed by atoms with Gasteiger partial charge in [-0.25, -0.2) is 0 Å². The SMILES string of the molecule is COc1ccc2/c(=N/O)cc(-c3ccc(OCCN4CCOCC4)cc3)oc2c1. The van der Waals surface area contributed by atoms with E-state index in [9.17, 15) is 5.21 Å². The highest BCUT2D eigenvalue weighted by Crippen LogP contribution is 2.26. The number of hydrogen-bond donors (Lipinski definition) is 1. The van der Waals surface area contributed by atoms with Crippen LogP contribution in [0.4, 0.5) is 0 Å². The quantitative estimate of drug-likeness (QED) is 0.510. The summed E-state index contributed by atoms with van der Waals surface area (Å²) < 4.78 is 22.5. The van der Waals surface area contributed by atoms with Crippen molar-refractivity contribution < 1.29 is 23.8 Å². The third-order valence-electron chi connectivity index (χ3n) is 4.98.